The molecule has 1 N–H and O–H groups in total. The van der Waals surface area contributed by atoms with Crippen molar-refractivity contribution < 1.29 is 19.4 Å². The highest BCUT2D eigenvalue weighted by Gasteiger charge is 2.27. The number of aromatic nitrogens is 1. The van der Waals surface area contributed by atoms with E-state index in [1.165, 1.54) is 12.3 Å². The molecule has 0 radical (unpaired) electrons. The van der Waals surface area contributed by atoms with Gasteiger partial charge in [-0.1, -0.05) is 6.92 Å². The van der Waals surface area contributed by atoms with Gasteiger partial charge in [0, 0.05) is 23.9 Å². The molecule has 0 fully saturated rings. The van der Waals surface area contributed by atoms with Crippen LogP contribution in [0, 0.1) is 0 Å². The van der Waals surface area contributed by atoms with E-state index in [4.69, 9.17) is 9.47 Å². The number of rotatable bonds is 2. The molecule has 0 spiro atoms. The molecule has 0 bridgehead atoms. The van der Waals surface area contributed by atoms with Crippen LogP contribution < -0.4 is 14.9 Å². The van der Waals surface area contributed by atoms with Crippen LogP contribution in [0.2, 0.25) is 0 Å². The Morgan fingerprint density at radius 1 is 1.25 bits per heavy atom. The standard InChI is InChI=1S/C18H17NO5/c1-2-11-5-10-6-16-17(24-4-3-23-16)7-12(10)14-8-15(20)13(18(21)22)9-19(11)14/h6-9,11H,2-5H2,1H3,(H,21,22). The van der Waals surface area contributed by atoms with Crippen LogP contribution in [-0.4, -0.2) is 28.9 Å². The quantitative estimate of drug-likeness (QED) is 0.917. The molecule has 1 atom stereocenters. The highest BCUT2D eigenvalue weighted by Crippen LogP contribution is 2.42. The van der Waals surface area contributed by atoms with Crippen molar-refractivity contribution in [3.63, 3.8) is 0 Å². The lowest BCUT2D eigenvalue weighted by Gasteiger charge is -2.31. The van der Waals surface area contributed by atoms with Crippen LogP contribution in [-0.2, 0) is 6.42 Å². The number of nitrogens with zero attached hydrogens (tertiary/aromatic N) is 1. The number of ether oxygens (including phenoxy) is 2. The highest BCUT2D eigenvalue weighted by molar-refractivity contribution is 5.87. The lowest BCUT2D eigenvalue weighted by Crippen LogP contribution is -2.25. The zero-order valence-electron chi connectivity index (χ0n) is 13.2. The molecule has 2 aliphatic heterocycles. The molecule has 3 heterocycles. The zero-order chi connectivity index (χ0) is 16.8. The molecule has 4 rings (SSSR count). The minimum atomic E-state index is -1.20. The zero-order valence-corrected chi connectivity index (χ0v) is 13.2. The summed E-state index contributed by atoms with van der Waals surface area (Å²) in [4.78, 5) is 23.5. The smallest absolute Gasteiger partial charge is 0.341 e. The molecule has 1 unspecified atom stereocenters. The van der Waals surface area contributed by atoms with E-state index in [9.17, 15) is 14.7 Å². The van der Waals surface area contributed by atoms with Gasteiger partial charge in [-0.3, -0.25) is 4.79 Å². The first kappa shape index (κ1) is 14.8. The monoisotopic (exact) mass is 327 g/mol. The Hall–Kier alpha value is -2.76. The van der Waals surface area contributed by atoms with Crippen molar-refractivity contribution in [3.05, 3.63) is 45.7 Å². The summed E-state index contributed by atoms with van der Waals surface area (Å²) in [6, 6.07) is 5.39. The lowest BCUT2D eigenvalue weighted by molar-refractivity contribution is 0.0694. The summed E-state index contributed by atoms with van der Waals surface area (Å²) in [5.74, 6) is 0.196. The summed E-state index contributed by atoms with van der Waals surface area (Å²) in [6.07, 6.45) is 3.06. The van der Waals surface area contributed by atoms with Crippen molar-refractivity contribution in [2.75, 3.05) is 13.2 Å². The maximum atomic E-state index is 12.2. The lowest BCUT2D eigenvalue weighted by atomic mass is 9.90. The largest absolute Gasteiger partial charge is 0.486 e. The Morgan fingerprint density at radius 2 is 1.96 bits per heavy atom. The predicted molar refractivity (Wildman–Crippen MR) is 87.1 cm³/mol. The fraction of sp³-hybridized carbons (Fsp3) is 0.333. The molecule has 1 aromatic heterocycles. The van der Waals surface area contributed by atoms with Crippen LogP contribution in [0.15, 0.2) is 29.2 Å². The Kier molecular flexibility index (Phi) is 3.33. The van der Waals surface area contributed by atoms with Crippen LogP contribution in [0.25, 0.3) is 11.3 Å². The van der Waals surface area contributed by atoms with Gasteiger partial charge in [-0.05, 0) is 30.5 Å². The predicted octanol–water partition coefficient (Wildman–Crippen LogP) is 2.49. The minimum Gasteiger partial charge on any atom is -0.486 e. The van der Waals surface area contributed by atoms with Crippen LogP contribution in [0.4, 0.5) is 0 Å². The number of hydrogen-bond acceptors (Lipinski definition) is 4. The van der Waals surface area contributed by atoms with Gasteiger partial charge < -0.3 is 19.1 Å². The second-order valence-electron chi connectivity index (χ2n) is 6.07. The van der Waals surface area contributed by atoms with Crippen LogP contribution in [0.3, 0.4) is 0 Å². The van der Waals surface area contributed by atoms with Gasteiger partial charge in [-0.15, -0.1) is 0 Å². The number of carboxylic acid groups (broad SMARTS) is 1. The minimum absolute atomic E-state index is 0.105. The van der Waals surface area contributed by atoms with E-state index in [-0.39, 0.29) is 11.6 Å². The summed E-state index contributed by atoms with van der Waals surface area (Å²) in [5, 5.41) is 9.23. The van der Waals surface area contributed by atoms with E-state index in [1.54, 1.807) is 0 Å². The highest BCUT2D eigenvalue weighted by atomic mass is 16.6. The fourth-order valence-corrected chi connectivity index (χ4v) is 3.46. The molecule has 0 saturated heterocycles. The molecule has 2 aromatic rings. The first-order chi connectivity index (χ1) is 11.6. The summed E-state index contributed by atoms with van der Waals surface area (Å²) in [7, 11) is 0. The third-order valence-corrected chi connectivity index (χ3v) is 4.67. The van der Waals surface area contributed by atoms with Crippen molar-refractivity contribution >= 4 is 5.97 Å². The van der Waals surface area contributed by atoms with Crippen molar-refractivity contribution in [1.29, 1.82) is 0 Å². The van der Waals surface area contributed by atoms with Gasteiger partial charge in [-0.25, -0.2) is 4.79 Å². The van der Waals surface area contributed by atoms with Crippen LogP contribution in [0.1, 0.15) is 35.3 Å². The summed E-state index contributed by atoms with van der Waals surface area (Å²) >= 11 is 0. The Bertz CT molecular complexity index is 899. The molecule has 124 valence electrons. The first-order valence-electron chi connectivity index (χ1n) is 8.01. The van der Waals surface area contributed by atoms with Gasteiger partial charge in [0.25, 0.3) is 0 Å². The average molecular weight is 327 g/mol. The van der Waals surface area contributed by atoms with E-state index < -0.39 is 11.4 Å². The van der Waals surface area contributed by atoms with E-state index in [1.807, 2.05) is 16.7 Å². The molecule has 6 nitrogen and oxygen atoms in total. The SMILES string of the molecule is CCC1Cc2cc3c(cc2-c2cc(=O)c(C(=O)O)cn21)OCCO3. The number of hydrogen-bond donors (Lipinski definition) is 1. The van der Waals surface area contributed by atoms with E-state index in [0.717, 1.165) is 35.4 Å². The topological polar surface area (TPSA) is 77.8 Å². The molecule has 0 saturated carbocycles. The first-order valence-corrected chi connectivity index (χ1v) is 8.01. The normalized spacial score (nSPS) is 17.8. The van der Waals surface area contributed by atoms with Crippen molar-refractivity contribution in [2.24, 2.45) is 0 Å². The van der Waals surface area contributed by atoms with Gasteiger partial charge in [0.2, 0.25) is 0 Å². The maximum absolute atomic E-state index is 12.2. The summed E-state index contributed by atoms with van der Waals surface area (Å²) in [5.41, 5.74) is 2.05. The Morgan fingerprint density at radius 3 is 2.62 bits per heavy atom. The third kappa shape index (κ3) is 2.18. The molecule has 24 heavy (non-hydrogen) atoms. The molecule has 0 aliphatic carbocycles. The molecular weight excluding hydrogens is 310 g/mol. The van der Waals surface area contributed by atoms with E-state index in [2.05, 4.69) is 6.92 Å². The van der Waals surface area contributed by atoms with Crippen LogP contribution in [0.5, 0.6) is 11.5 Å². The second-order valence-corrected chi connectivity index (χ2v) is 6.07. The van der Waals surface area contributed by atoms with Gasteiger partial charge in [0.05, 0.1) is 5.69 Å². The third-order valence-electron chi connectivity index (χ3n) is 4.67. The second kappa shape index (κ2) is 5.40. The fourth-order valence-electron chi connectivity index (χ4n) is 3.46. The number of carboxylic acids is 1. The van der Waals surface area contributed by atoms with Gasteiger partial charge in [0.15, 0.2) is 16.9 Å². The number of pyridine rings is 1. The molecule has 2 aliphatic rings. The average Bonchev–Trinajstić information content (AvgIpc) is 2.58. The van der Waals surface area contributed by atoms with Crippen molar-refractivity contribution in [1.82, 2.24) is 4.57 Å². The van der Waals surface area contributed by atoms with Crippen molar-refractivity contribution in [2.45, 2.75) is 25.8 Å². The van der Waals surface area contributed by atoms with E-state index >= 15 is 0 Å². The summed E-state index contributed by atoms with van der Waals surface area (Å²) in [6.45, 7) is 3.07. The summed E-state index contributed by atoms with van der Waals surface area (Å²) < 4.78 is 13.2. The molecular formula is C18H17NO5. The Balaban J connectivity index is 1.96. The maximum Gasteiger partial charge on any atom is 0.341 e. The van der Waals surface area contributed by atoms with Crippen LogP contribution >= 0.6 is 0 Å². The van der Waals surface area contributed by atoms with Gasteiger partial charge >= 0.3 is 5.97 Å². The van der Waals surface area contributed by atoms with Gasteiger partial charge in [-0.2, -0.15) is 0 Å². The molecule has 1 aromatic carbocycles. The van der Waals surface area contributed by atoms with E-state index in [0.29, 0.717) is 19.0 Å². The molecule has 0 amide bonds. The van der Waals surface area contributed by atoms with Gasteiger partial charge in [0.1, 0.15) is 18.8 Å². The number of carbonyl (C=O) groups is 1. The number of fused-ring (bicyclic) bond motifs is 4. The number of benzene rings is 1. The Labute approximate surface area is 138 Å². The molecule has 6 heteroatoms. The van der Waals surface area contributed by atoms with Crippen molar-refractivity contribution in [3.8, 4) is 22.8 Å². The number of aromatic carboxylic acids is 1.